The van der Waals surface area contributed by atoms with Crippen molar-refractivity contribution in [3.63, 3.8) is 0 Å². The molecule has 0 bridgehead atoms. The molecule has 0 aliphatic heterocycles. The summed E-state index contributed by atoms with van der Waals surface area (Å²) in [7, 11) is 0. The van der Waals surface area contributed by atoms with Gasteiger partial charge in [0.05, 0.1) is 17.5 Å². The van der Waals surface area contributed by atoms with Gasteiger partial charge in [-0.3, -0.25) is 0 Å². The van der Waals surface area contributed by atoms with E-state index in [1.54, 1.807) is 18.4 Å². The van der Waals surface area contributed by atoms with E-state index in [0.29, 0.717) is 11.3 Å². The minimum absolute atomic E-state index is 0.569. The number of aromatic amines is 1. The number of H-pyrrole nitrogens is 1. The molecule has 0 aromatic carbocycles. The number of aliphatic hydroxyl groups is 1. The number of fused-ring (bicyclic) bond motifs is 1. The highest BCUT2D eigenvalue weighted by atomic mass is 16.3. The lowest BCUT2D eigenvalue weighted by molar-refractivity contribution is 0.182. The number of furan rings is 1. The summed E-state index contributed by atoms with van der Waals surface area (Å²) >= 11 is 0. The lowest BCUT2D eigenvalue weighted by Crippen LogP contribution is -2.08. The zero-order valence-electron chi connectivity index (χ0n) is 5.74. The molecule has 4 nitrogen and oxygen atoms in total. The third kappa shape index (κ3) is 0.923. The van der Waals surface area contributed by atoms with E-state index in [2.05, 4.69) is 4.98 Å². The van der Waals surface area contributed by atoms with Crippen LogP contribution < -0.4 is 5.73 Å². The minimum Gasteiger partial charge on any atom is -0.463 e. The number of nitrogens with one attached hydrogen (secondary N) is 1. The summed E-state index contributed by atoms with van der Waals surface area (Å²) in [4.78, 5) is 2.91. The van der Waals surface area contributed by atoms with Crippen LogP contribution in [-0.2, 0) is 0 Å². The predicted octanol–water partition coefficient (Wildman–Crippen LogP) is 0.711. The first-order valence-corrected chi connectivity index (χ1v) is 3.27. The van der Waals surface area contributed by atoms with Gasteiger partial charge < -0.3 is 20.2 Å². The van der Waals surface area contributed by atoms with E-state index in [4.69, 9.17) is 15.3 Å². The first-order valence-electron chi connectivity index (χ1n) is 3.27. The summed E-state index contributed by atoms with van der Waals surface area (Å²) in [6.45, 7) is 0. The first kappa shape index (κ1) is 6.45. The number of hydrogen-bond acceptors (Lipinski definition) is 3. The average Bonchev–Trinajstić information content (AvgIpc) is 2.40. The first-order chi connectivity index (χ1) is 5.27. The van der Waals surface area contributed by atoms with Crippen molar-refractivity contribution in [2.24, 2.45) is 5.73 Å². The van der Waals surface area contributed by atoms with Crippen LogP contribution in [-0.4, -0.2) is 10.1 Å². The second-order valence-corrected chi connectivity index (χ2v) is 2.37. The third-order valence-corrected chi connectivity index (χ3v) is 1.58. The predicted molar refractivity (Wildman–Crippen MR) is 39.7 cm³/mol. The third-order valence-electron chi connectivity index (χ3n) is 1.58. The van der Waals surface area contributed by atoms with Crippen molar-refractivity contribution in [1.29, 1.82) is 0 Å². The lowest BCUT2D eigenvalue weighted by atomic mass is 10.4. The fraction of sp³-hybridized carbons (Fsp3) is 0.143. The van der Waals surface area contributed by atoms with E-state index in [1.165, 1.54) is 0 Å². The largest absolute Gasteiger partial charge is 0.463 e. The average molecular weight is 152 g/mol. The number of aliphatic hydroxyl groups excluding tert-OH is 1. The van der Waals surface area contributed by atoms with Crippen LogP contribution in [0, 0.1) is 0 Å². The number of hydrogen-bond donors (Lipinski definition) is 3. The molecule has 1 unspecified atom stereocenters. The van der Waals surface area contributed by atoms with Gasteiger partial charge in [-0.2, -0.15) is 0 Å². The van der Waals surface area contributed by atoms with Gasteiger partial charge in [-0.15, -0.1) is 0 Å². The Kier molecular flexibility index (Phi) is 1.24. The van der Waals surface area contributed by atoms with Crippen molar-refractivity contribution in [3.05, 3.63) is 24.1 Å². The molecule has 0 amide bonds. The van der Waals surface area contributed by atoms with Crippen molar-refractivity contribution in [3.8, 4) is 0 Å². The molecule has 2 aromatic rings. The summed E-state index contributed by atoms with van der Waals surface area (Å²) in [5.74, 6) is 0. The minimum atomic E-state index is -0.961. The van der Waals surface area contributed by atoms with Gasteiger partial charge in [-0.25, -0.2) is 0 Å². The van der Waals surface area contributed by atoms with Crippen LogP contribution in [0.5, 0.6) is 0 Å². The van der Waals surface area contributed by atoms with Crippen molar-refractivity contribution >= 4 is 11.1 Å². The Labute approximate surface area is 62.6 Å². The van der Waals surface area contributed by atoms with Gasteiger partial charge in [0.25, 0.3) is 0 Å². The van der Waals surface area contributed by atoms with Gasteiger partial charge in [0.1, 0.15) is 6.23 Å². The Hall–Kier alpha value is -1.26. The van der Waals surface area contributed by atoms with E-state index < -0.39 is 6.23 Å². The molecule has 0 radical (unpaired) electrons. The molecule has 0 aliphatic rings. The summed E-state index contributed by atoms with van der Waals surface area (Å²) in [5, 5.41) is 8.95. The molecule has 1 atom stereocenters. The topological polar surface area (TPSA) is 75.2 Å². The van der Waals surface area contributed by atoms with Gasteiger partial charge in [-0.05, 0) is 0 Å². The molecular weight excluding hydrogens is 144 g/mol. The molecule has 11 heavy (non-hydrogen) atoms. The van der Waals surface area contributed by atoms with Crippen molar-refractivity contribution in [2.45, 2.75) is 6.23 Å². The molecular formula is C7H8N2O2. The Balaban J connectivity index is 2.58. The van der Waals surface area contributed by atoms with E-state index in [1.807, 2.05) is 0 Å². The maximum Gasteiger partial charge on any atom is 0.151 e. The smallest absolute Gasteiger partial charge is 0.151 e. The SMILES string of the molecule is NC(O)c1cc2occc2[nH]1. The van der Waals surface area contributed by atoms with Gasteiger partial charge in [-0.1, -0.05) is 0 Å². The maximum absolute atomic E-state index is 8.95. The highest BCUT2D eigenvalue weighted by Gasteiger charge is 2.06. The lowest BCUT2D eigenvalue weighted by Gasteiger charge is -1.97. The van der Waals surface area contributed by atoms with Crippen LogP contribution in [0.1, 0.15) is 11.9 Å². The van der Waals surface area contributed by atoms with E-state index in [0.717, 1.165) is 5.52 Å². The van der Waals surface area contributed by atoms with Crippen LogP contribution in [0.25, 0.3) is 11.1 Å². The van der Waals surface area contributed by atoms with E-state index in [-0.39, 0.29) is 0 Å². The normalized spacial score (nSPS) is 14.0. The molecule has 0 aliphatic carbocycles. The second-order valence-electron chi connectivity index (χ2n) is 2.37. The van der Waals surface area contributed by atoms with Gasteiger partial charge in [0.2, 0.25) is 0 Å². The molecule has 0 saturated heterocycles. The standard InChI is InChI=1S/C7H8N2O2/c8-7(10)5-3-6-4(9-5)1-2-11-6/h1-3,7,9-10H,8H2. The van der Waals surface area contributed by atoms with Crippen LogP contribution in [0.15, 0.2) is 22.8 Å². The fourth-order valence-electron chi connectivity index (χ4n) is 1.03. The summed E-state index contributed by atoms with van der Waals surface area (Å²) < 4.78 is 5.05. The fourth-order valence-corrected chi connectivity index (χ4v) is 1.03. The molecule has 2 heterocycles. The Morgan fingerprint density at radius 2 is 2.45 bits per heavy atom. The molecule has 2 rings (SSSR count). The monoisotopic (exact) mass is 152 g/mol. The summed E-state index contributed by atoms with van der Waals surface area (Å²) in [6.07, 6.45) is 0.617. The summed E-state index contributed by atoms with van der Waals surface area (Å²) in [5.41, 5.74) is 7.35. The number of nitrogens with two attached hydrogens (primary N) is 1. The molecule has 4 N–H and O–H groups in total. The van der Waals surface area contributed by atoms with Crippen molar-refractivity contribution in [2.75, 3.05) is 0 Å². The van der Waals surface area contributed by atoms with Crippen molar-refractivity contribution < 1.29 is 9.52 Å². The van der Waals surface area contributed by atoms with Crippen LogP contribution in [0.4, 0.5) is 0 Å². The molecule has 4 heteroatoms. The zero-order chi connectivity index (χ0) is 7.84. The quantitative estimate of drug-likeness (QED) is 0.527. The van der Waals surface area contributed by atoms with E-state index >= 15 is 0 Å². The molecule has 0 fully saturated rings. The van der Waals surface area contributed by atoms with Crippen LogP contribution in [0.3, 0.4) is 0 Å². The summed E-state index contributed by atoms with van der Waals surface area (Å²) in [6, 6.07) is 3.46. The number of rotatable bonds is 1. The highest BCUT2D eigenvalue weighted by Crippen LogP contribution is 2.18. The Bertz CT molecular complexity index is 333. The zero-order valence-corrected chi connectivity index (χ0v) is 5.74. The number of aromatic nitrogens is 1. The second kappa shape index (κ2) is 2.11. The Morgan fingerprint density at radius 1 is 1.64 bits per heavy atom. The van der Waals surface area contributed by atoms with Gasteiger partial charge in [0.15, 0.2) is 5.58 Å². The molecule has 2 aromatic heterocycles. The molecule has 58 valence electrons. The van der Waals surface area contributed by atoms with Crippen LogP contribution in [0.2, 0.25) is 0 Å². The molecule has 0 saturated carbocycles. The van der Waals surface area contributed by atoms with E-state index in [9.17, 15) is 0 Å². The highest BCUT2D eigenvalue weighted by molar-refractivity contribution is 5.74. The molecule has 0 spiro atoms. The van der Waals surface area contributed by atoms with Crippen molar-refractivity contribution in [1.82, 2.24) is 4.98 Å². The Morgan fingerprint density at radius 3 is 3.09 bits per heavy atom. The van der Waals surface area contributed by atoms with Gasteiger partial charge in [0, 0.05) is 12.1 Å². The van der Waals surface area contributed by atoms with Crippen LogP contribution >= 0.6 is 0 Å². The van der Waals surface area contributed by atoms with Gasteiger partial charge >= 0.3 is 0 Å². The maximum atomic E-state index is 8.95.